The third-order valence-electron chi connectivity index (χ3n) is 2.91. The summed E-state index contributed by atoms with van der Waals surface area (Å²) in [7, 11) is 3.41. The molecule has 0 aliphatic carbocycles. The molecule has 0 heterocycles. The van der Waals surface area contributed by atoms with Crippen molar-refractivity contribution in [3.05, 3.63) is 35.4 Å². The maximum absolute atomic E-state index is 11.6. The van der Waals surface area contributed by atoms with E-state index in [9.17, 15) is 9.59 Å². The van der Waals surface area contributed by atoms with Crippen molar-refractivity contribution in [1.29, 1.82) is 0 Å². The molecule has 7 nitrogen and oxygen atoms in total. The van der Waals surface area contributed by atoms with Crippen LogP contribution >= 0.6 is 24.0 Å². The lowest BCUT2D eigenvalue weighted by Crippen LogP contribution is -2.42. The third-order valence-corrected chi connectivity index (χ3v) is 2.91. The van der Waals surface area contributed by atoms with Gasteiger partial charge in [-0.05, 0) is 24.6 Å². The SMILES string of the molecule is CCNC(=NCc1ccc(C(N)=O)cc1)NCC(=O)N(C)C.I. The van der Waals surface area contributed by atoms with E-state index in [-0.39, 0.29) is 36.4 Å². The zero-order valence-corrected chi connectivity index (χ0v) is 16.0. The first-order valence-corrected chi connectivity index (χ1v) is 7.05. The van der Waals surface area contributed by atoms with Gasteiger partial charge in [-0.1, -0.05) is 12.1 Å². The highest BCUT2D eigenvalue weighted by atomic mass is 127. The lowest BCUT2D eigenvalue weighted by atomic mass is 10.1. The first-order chi connectivity index (χ1) is 10.4. The minimum absolute atomic E-state index is 0. The van der Waals surface area contributed by atoms with Crippen molar-refractivity contribution in [1.82, 2.24) is 15.5 Å². The molecule has 0 fully saturated rings. The number of halogens is 1. The lowest BCUT2D eigenvalue weighted by molar-refractivity contribution is -0.127. The Kier molecular flexibility index (Phi) is 9.95. The van der Waals surface area contributed by atoms with Crippen molar-refractivity contribution in [3.8, 4) is 0 Å². The summed E-state index contributed by atoms with van der Waals surface area (Å²) < 4.78 is 0. The molecule has 128 valence electrons. The third kappa shape index (κ3) is 7.82. The van der Waals surface area contributed by atoms with Crippen LogP contribution in [0.4, 0.5) is 0 Å². The Morgan fingerprint density at radius 3 is 2.26 bits per heavy atom. The van der Waals surface area contributed by atoms with E-state index >= 15 is 0 Å². The molecule has 1 aromatic rings. The van der Waals surface area contributed by atoms with Gasteiger partial charge in [-0.25, -0.2) is 4.99 Å². The number of benzene rings is 1. The maximum Gasteiger partial charge on any atom is 0.248 e. The maximum atomic E-state index is 11.6. The van der Waals surface area contributed by atoms with E-state index in [2.05, 4.69) is 15.6 Å². The minimum atomic E-state index is -0.452. The molecule has 0 bridgehead atoms. The standard InChI is InChI=1S/C15H23N5O2.HI/c1-4-17-15(19-10-13(21)20(2)3)18-9-11-5-7-12(8-6-11)14(16)22;/h5-8H,4,9-10H2,1-3H3,(H2,16,22)(H2,17,18,19);1H. The molecule has 1 aromatic carbocycles. The normalized spacial score (nSPS) is 10.5. The fourth-order valence-corrected chi connectivity index (χ4v) is 1.60. The van der Waals surface area contributed by atoms with Gasteiger partial charge in [-0.15, -0.1) is 24.0 Å². The highest BCUT2D eigenvalue weighted by Gasteiger charge is 2.05. The van der Waals surface area contributed by atoms with Gasteiger partial charge in [0.1, 0.15) is 0 Å². The molecule has 8 heteroatoms. The quantitative estimate of drug-likeness (QED) is 0.347. The molecule has 0 radical (unpaired) electrons. The number of hydrogen-bond acceptors (Lipinski definition) is 3. The van der Waals surface area contributed by atoms with Crippen molar-refractivity contribution in [2.75, 3.05) is 27.2 Å². The average Bonchev–Trinajstić information content (AvgIpc) is 2.49. The first-order valence-electron chi connectivity index (χ1n) is 7.05. The Bertz CT molecular complexity index is 543. The number of nitrogens with two attached hydrogens (primary N) is 1. The zero-order chi connectivity index (χ0) is 16.5. The number of primary amides is 1. The number of guanidine groups is 1. The summed E-state index contributed by atoms with van der Waals surface area (Å²) in [6.07, 6.45) is 0. The largest absolute Gasteiger partial charge is 0.366 e. The molecule has 4 N–H and O–H groups in total. The smallest absolute Gasteiger partial charge is 0.248 e. The first kappa shape index (κ1) is 21.2. The molecule has 0 unspecified atom stereocenters. The van der Waals surface area contributed by atoms with E-state index < -0.39 is 5.91 Å². The second kappa shape index (κ2) is 10.8. The summed E-state index contributed by atoms with van der Waals surface area (Å²) in [5, 5.41) is 6.05. The van der Waals surface area contributed by atoms with Gasteiger partial charge in [0.2, 0.25) is 11.8 Å². The molecule has 0 spiro atoms. The second-order valence-electron chi connectivity index (χ2n) is 4.90. The Morgan fingerprint density at radius 2 is 1.78 bits per heavy atom. The predicted octanol–water partition coefficient (Wildman–Crippen LogP) is 0.547. The average molecular weight is 433 g/mol. The van der Waals surface area contributed by atoms with Gasteiger partial charge in [0.25, 0.3) is 0 Å². The fourth-order valence-electron chi connectivity index (χ4n) is 1.60. The number of carbonyl (C=O) groups is 2. The van der Waals surface area contributed by atoms with Crippen molar-refractivity contribution in [2.24, 2.45) is 10.7 Å². The number of aliphatic imine (C=N–C) groups is 1. The van der Waals surface area contributed by atoms with Crippen LogP contribution in [0.2, 0.25) is 0 Å². The molecule has 0 aliphatic heterocycles. The summed E-state index contributed by atoms with van der Waals surface area (Å²) in [5.41, 5.74) is 6.61. The van der Waals surface area contributed by atoms with Crippen LogP contribution in [0.5, 0.6) is 0 Å². The summed E-state index contributed by atoms with van der Waals surface area (Å²) in [6.45, 7) is 3.26. The zero-order valence-electron chi connectivity index (χ0n) is 13.6. The number of likely N-dealkylation sites (N-methyl/N-ethyl adjacent to an activating group) is 1. The molecule has 0 saturated heterocycles. The number of amides is 2. The van der Waals surface area contributed by atoms with E-state index in [0.29, 0.717) is 24.6 Å². The summed E-state index contributed by atoms with van der Waals surface area (Å²) in [6, 6.07) is 6.95. The van der Waals surface area contributed by atoms with Crippen LogP contribution in [0.15, 0.2) is 29.3 Å². The van der Waals surface area contributed by atoms with Gasteiger partial charge in [0, 0.05) is 26.2 Å². The summed E-state index contributed by atoms with van der Waals surface area (Å²) >= 11 is 0. The molecule has 1 rings (SSSR count). The highest BCUT2D eigenvalue weighted by Crippen LogP contribution is 2.05. The van der Waals surface area contributed by atoms with Crippen molar-refractivity contribution in [2.45, 2.75) is 13.5 Å². The Hall–Kier alpha value is -1.84. The van der Waals surface area contributed by atoms with E-state index in [1.165, 1.54) is 4.90 Å². The molecule has 0 atom stereocenters. The predicted molar refractivity (Wildman–Crippen MR) is 102 cm³/mol. The Morgan fingerprint density at radius 1 is 1.17 bits per heavy atom. The summed E-state index contributed by atoms with van der Waals surface area (Å²) in [5.74, 6) is 0.0837. The Labute approximate surface area is 153 Å². The van der Waals surface area contributed by atoms with E-state index in [4.69, 9.17) is 5.73 Å². The van der Waals surface area contributed by atoms with Crippen molar-refractivity contribution in [3.63, 3.8) is 0 Å². The highest BCUT2D eigenvalue weighted by molar-refractivity contribution is 14.0. The monoisotopic (exact) mass is 433 g/mol. The number of nitrogens with one attached hydrogen (secondary N) is 2. The van der Waals surface area contributed by atoms with Crippen LogP contribution < -0.4 is 16.4 Å². The van der Waals surface area contributed by atoms with Crippen LogP contribution in [0.3, 0.4) is 0 Å². The molecular formula is C15H24IN5O2. The van der Waals surface area contributed by atoms with Crippen LogP contribution in [-0.2, 0) is 11.3 Å². The lowest BCUT2D eigenvalue weighted by Gasteiger charge is -2.14. The molecule has 0 aromatic heterocycles. The van der Waals surface area contributed by atoms with Crippen molar-refractivity contribution >= 4 is 41.8 Å². The minimum Gasteiger partial charge on any atom is -0.366 e. The number of rotatable bonds is 6. The molecule has 2 amide bonds. The van der Waals surface area contributed by atoms with Gasteiger partial charge >= 0.3 is 0 Å². The Balaban J connectivity index is 0.00000484. The molecule has 0 saturated carbocycles. The topological polar surface area (TPSA) is 99.8 Å². The van der Waals surface area contributed by atoms with Crippen LogP contribution in [0.1, 0.15) is 22.8 Å². The van der Waals surface area contributed by atoms with Gasteiger partial charge in [0.05, 0.1) is 13.1 Å². The molecule has 23 heavy (non-hydrogen) atoms. The number of nitrogens with zero attached hydrogens (tertiary/aromatic N) is 2. The van der Waals surface area contributed by atoms with Gasteiger partial charge in [0.15, 0.2) is 5.96 Å². The summed E-state index contributed by atoms with van der Waals surface area (Å²) in [4.78, 5) is 28.5. The van der Waals surface area contributed by atoms with Gasteiger partial charge < -0.3 is 21.3 Å². The van der Waals surface area contributed by atoms with Crippen molar-refractivity contribution < 1.29 is 9.59 Å². The number of carbonyl (C=O) groups excluding carboxylic acids is 2. The van der Waals surface area contributed by atoms with Crippen LogP contribution in [0, 0.1) is 0 Å². The number of hydrogen-bond donors (Lipinski definition) is 3. The van der Waals surface area contributed by atoms with E-state index in [1.54, 1.807) is 38.4 Å². The van der Waals surface area contributed by atoms with E-state index in [0.717, 1.165) is 5.56 Å². The van der Waals surface area contributed by atoms with Gasteiger partial charge in [-0.2, -0.15) is 0 Å². The van der Waals surface area contributed by atoms with Crippen LogP contribution in [0.25, 0.3) is 0 Å². The van der Waals surface area contributed by atoms with E-state index in [1.807, 2.05) is 6.92 Å². The molecular weight excluding hydrogens is 409 g/mol. The van der Waals surface area contributed by atoms with Gasteiger partial charge in [-0.3, -0.25) is 9.59 Å². The van der Waals surface area contributed by atoms with Crippen LogP contribution in [-0.4, -0.2) is 49.9 Å². The second-order valence-corrected chi connectivity index (χ2v) is 4.90. The fraction of sp³-hybridized carbons (Fsp3) is 0.400. The molecule has 0 aliphatic rings.